The topological polar surface area (TPSA) is 67.4 Å². The summed E-state index contributed by atoms with van der Waals surface area (Å²) in [4.78, 5) is 24.0. The van der Waals surface area contributed by atoms with Crippen LogP contribution in [0.3, 0.4) is 0 Å². The van der Waals surface area contributed by atoms with E-state index < -0.39 is 5.91 Å². The average molecular weight is 484 g/mol. The van der Waals surface area contributed by atoms with E-state index in [1.165, 1.54) is 6.42 Å². The molecule has 0 saturated heterocycles. The number of hydrogen-bond donors (Lipinski definition) is 2. The van der Waals surface area contributed by atoms with Gasteiger partial charge in [-0.15, -0.1) is 0 Å². The normalized spacial score (nSPS) is 14.8. The van der Waals surface area contributed by atoms with E-state index >= 15 is 0 Å². The molecule has 2 aromatic rings. The van der Waals surface area contributed by atoms with E-state index in [0.717, 1.165) is 45.4 Å². The Labute approximate surface area is 169 Å². The van der Waals surface area contributed by atoms with Gasteiger partial charge in [-0.05, 0) is 57.7 Å². The van der Waals surface area contributed by atoms with Crippen molar-refractivity contribution in [1.29, 1.82) is 0 Å². The van der Waals surface area contributed by atoms with Crippen LogP contribution in [0.25, 0.3) is 10.8 Å². The summed E-state index contributed by atoms with van der Waals surface area (Å²) in [5.41, 5.74) is 4.93. The lowest BCUT2D eigenvalue weighted by Crippen LogP contribution is -2.46. The molecule has 0 aromatic heterocycles. The fraction of sp³-hybridized carbons (Fsp3) is 0.368. The van der Waals surface area contributed by atoms with Crippen molar-refractivity contribution < 1.29 is 14.3 Å². The monoisotopic (exact) mass is 482 g/mol. The fourth-order valence-corrected chi connectivity index (χ4v) is 4.12. The maximum Gasteiger partial charge on any atom is 0.276 e. The number of hydrogen-bond acceptors (Lipinski definition) is 3. The SMILES string of the molecule is O=C(COc1ccc2cc(Br)ccc2c1Br)NNC(=O)C1CCCCC1. The second-order valence-electron chi connectivity index (χ2n) is 6.40. The van der Waals surface area contributed by atoms with Crippen molar-refractivity contribution in [3.8, 4) is 5.75 Å². The predicted octanol–water partition coefficient (Wildman–Crippen LogP) is 4.47. The van der Waals surface area contributed by atoms with Gasteiger partial charge in [0.15, 0.2) is 6.61 Å². The van der Waals surface area contributed by atoms with E-state index in [1.807, 2.05) is 30.3 Å². The lowest BCUT2D eigenvalue weighted by Gasteiger charge is -2.20. The Hall–Kier alpha value is -1.60. The highest BCUT2D eigenvalue weighted by atomic mass is 79.9. The molecule has 1 aliphatic carbocycles. The van der Waals surface area contributed by atoms with Crippen LogP contribution in [-0.2, 0) is 9.59 Å². The molecule has 1 saturated carbocycles. The average Bonchev–Trinajstić information content (AvgIpc) is 2.66. The molecule has 0 atom stereocenters. The number of halogens is 2. The van der Waals surface area contributed by atoms with Crippen LogP contribution in [0.2, 0.25) is 0 Å². The summed E-state index contributed by atoms with van der Waals surface area (Å²) < 4.78 is 7.38. The Bertz CT molecular complexity index is 820. The molecule has 3 rings (SSSR count). The molecule has 0 bridgehead atoms. The zero-order chi connectivity index (χ0) is 18.5. The van der Waals surface area contributed by atoms with Crippen molar-refractivity contribution in [3.63, 3.8) is 0 Å². The zero-order valence-corrected chi connectivity index (χ0v) is 17.4. The van der Waals surface area contributed by atoms with E-state index in [4.69, 9.17) is 4.74 Å². The van der Waals surface area contributed by atoms with Crippen LogP contribution in [-0.4, -0.2) is 18.4 Å². The number of fused-ring (bicyclic) bond motifs is 1. The summed E-state index contributed by atoms with van der Waals surface area (Å²) in [7, 11) is 0. The summed E-state index contributed by atoms with van der Waals surface area (Å²) in [5, 5.41) is 2.06. The minimum Gasteiger partial charge on any atom is -0.483 e. The molecule has 0 unspecified atom stereocenters. The van der Waals surface area contributed by atoms with Gasteiger partial charge in [-0.25, -0.2) is 0 Å². The molecule has 1 fully saturated rings. The van der Waals surface area contributed by atoms with Gasteiger partial charge in [0.25, 0.3) is 5.91 Å². The maximum atomic E-state index is 12.0. The van der Waals surface area contributed by atoms with Crippen molar-refractivity contribution >= 4 is 54.4 Å². The number of carbonyl (C=O) groups is 2. The first-order valence-electron chi connectivity index (χ1n) is 8.64. The third kappa shape index (κ3) is 4.76. The zero-order valence-electron chi connectivity index (χ0n) is 14.2. The van der Waals surface area contributed by atoms with Gasteiger partial charge in [0.1, 0.15) is 5.75 Å². The van der Waals surface area contributed by atoms with Crippen molar-refractivity contribution in [2.75, 3.05) is 6.61 Å². The Morgan fingerprint density at radius 1 is 1.04 bits per heavy atom. The molecular formula is C19H20Br2N2O3. The van der Waals surface area contributed by atoms with Crippen LogP contribution in [0, 0.1) is 5.92 Å². The first-order valence-corrected chi connectivity index (χ1v) is 10.2. The molecule has 138 valence electrons. The van der Waals surface area contributed by atoms with Gasteiger partial charge in [-0.3, -0.25) is 20.4 Å². The van der Waals surface area contributed by atoms with E-state index in [-0.39, 0.29) is 18.4 Å². The number of nitrogens with one attached hydrogen (secondary N) is 2. The van der Waals surface area contributed by atoms with Crippen LogP contribution in [0.5, 0.6) is 5.75 Å². The first-order chi connectivity index (χ1) is 12.5. The number of carbonyl (C=O) groups excluding carboxylic acids is 2. The standard InChI is InChI=1S/C19H20Br2N2O3/c20-14-7-8-15-13(10-14)6-9-16(18(15)21)26-11-17(24)22-23-19(25)12-4-2-1-3-5-12/h6-10,12H,1-5,11H2,(H,22,24)(H,23,25). The van der Waals surface area contributed by atoms with Crippen molar-refractivity contribution in [2.24, 2.45) is 5.92 Å². The molecule has 2 aromatic carbocycles. The fourth-order valence-electron chi connectivity index (χ4n) is 3.13. The highest BCUT2D eigenvalue weighted by Gasteiger charge is 2.21. The smallest absolute Gasteiger partial charge is 0.276 e. The van der Waals surface area contributed by atoms with Gasteiger partial charge in [-0.1, -0.05) is 47.3 Å². The van der Waals surface area contributed by atoms with Crippen LogP contribution in [0.4, 0.5) is 0 Å². The summed E-state index contributed by atoms with van der Waals surface area (Å²) in [5.74, 6) is 0.0694. The minimum absolute atomic E-state index is 0.000996. The number of amides is 2. The van der Waals surface area contributed by atoms with Crippen molar-refractivity contribution in [3.05, 3.63) is 39.3 Å². The van der Waals surface area contributed by atoms with Crippen LogP contribution in [0.15, 0.2) is 39.3 Å². The highest BCUT2D eigenvalue weighted by Crippen LogP contribution is 2.34. The van der Waals surface area contributed by atoms with E-state index in [0.29, 0.717) is 5.75 Å². The Morgan fingerprint density at radius 2 is 1.81 bits per heavy atom. The molecule has 1 aliphatic rings. The molecule has 0 spiro atoms. The molecule has 2 amide bonds. The quantitative estimate of drug-likeness (QED) is 0.630. The second kappa shape index (κ2) is 8.86. The lowest BCUT2D eigenvalue weighted by atomic mass is 9.89. The highest BCUT2D eigenvalue weighted by molar-refractivity contribution is 9.11. The Balaban J connectivity index is 1.52. The van der Waals surface area contributed by atoms with Crippen LogP contribution >= 0.6 is 31.9 Å². The molecule has 26 heavy (non-hydrogen) atoms. The van der Waals surface area contributed by atoms with Crippen molar-refractivity contribution in [1.82, 2.24) is 10.9 Å². The number of rotatable bonds is 4. The van der Waals surface area contributed by atoms with Gasteiger partial charge in [0.05, 0.1) is 4.47 Å². The first kappa shape index (κ1) is 19.2. The molecule has 7 heteroatoms. The summed E-state index contributed by atoms with van der Waals surface area (Å²) >= 11 is 6.98. The summed E-state index contributed by atoms with van der Waals surface area (Å²) in [6.07, 6.45) is 5.10. The number of benzene rings is 2. The van der Waals surface area contributed by atoms with Gasteiger partial charge in [-0.2, -0.15) is 0 Å². The van der Waals surface area contributed by atoms with Gasteiger partial charge in [0, 0.05) is 10.4 Å². The second-order valence-corrected chi connectivity index (χ2v) is 8.11. The molecule has 5 nitrogen and oxygen atoms in total. The molecule has 0 radical (unpaired) electrons. The van der Waals surface area contributed by atoms with Crippen LogP contribution < -0.4 is 15.6 Å². The molecule has 0 aliphatic heterocycles. The summed E-state index contributed by atoms with van der Waals surface area (Å²) in [6, 6.07) is 9.68. The summed E-state index contributed by atoms with van der Waals surface area (Å²) in [6.45, 7) is -0.175. The van der Waals surface area contributed by atoms with Gasteiger partial charge >= 0.3 is 0 Å². The van der Waals surface area contributed by atoms with Crippen LogP contribution in [0.1, 0.15) is 32.1 Å². The molecular weight excluding hydrogens is 464 g/mol. The molecule has 2 N–H and O–H groups in total. The third-order valence-corrected chi connectivity index (χ3v) is 5.85. The molecule has 0 heterocycles. The van der Waals surface area contributed by atoms with E-state index in [1.54, 1.807) is 0 Å². The van der Waals surface area contributed by atoms with Crippen molar-refractivity contribution in [2.45, 2.75) is 32.1 Å². The maximum absolute atomic E-state index is 12.0. The van der Waals surface area contributed by atoms with Gasteiger partial charge < -0.3 is 4.74 Å². The Morgan fingerprint density at radius 3 is 2.58 bits per heavy atom. The minimum atomic E-state index is -0.392. The predicted molar refractivity (Wildman–Crippen MR) is 108 cm³/mol. The number of ether oxygens (including phenoxy) is 1. The number of hydrazine groups is 1. The third-order valence-electron chi connectivity index (χ3n) is 4.54. The van der Waals surface area contributed by atoms with E-state index in [9.17, 15) is 9.59 Å². The lowest BCUT2D eigenvalue weighted by molar-refractivity contribution is -0.132. The van der Waals surface area contributed by atoms with E-state index in [2.05, 4.69) is 42.7 Å². The Kier molecular flexibility index (Phi) is 6.53. The largest absolute Gasteiger partial charge is 0.483 e. The van der Waals surface area contributed by atoms with Gasteiger partial charge in [0.2, 0.25) is 5.91 Å².